The molecule has 0 unspecified atom stereocenters. The van der Waals surface area contributed by atoms with Gasteiger partial charge in [-0.1, -0.05) is 17.7 Å². The van der Waals surface area contributed by atoms with Gasteiger partial charge >= 0.3 is 0 Å². The van der Waals surface area contributed by atoms with Crippen molar-refractivity contribution in [1.29, 1.82) is 0 Å². The lowest BCUT2D eigenvalue weighted by molar-refractivity contribution is 0.0962. The average Bonchev–Trinajstić information content (AvgIpc) is 3.01. The Kier molecular flexibility index (Phi) is 4.17. The van der Waals surface area contributed by atoms with Crippen LogP contribution in [0.3, 0.4) is 0 Å². The van der Waals surface area contributed by atoms with E-state index >= 15 is 0 Å². The van der Waals surface area contributed by atoms with E-state index in [1.807, 2.05) is 24.3 Å². The van der Waals surface area contributed by atoms with Gasteiger partial charge in [0, 0.05) is 36.6 Å². The highest BCUT2D eigenvalue weighted by molar-refractivity contribution is 6.30. The van der Waals surface area contributed by atoms with Crippen LogP contribution in [0.4, 0.5) is 0 Å². The van der Waals surface area contributed by atoms with E-state index in [2.05, 4.69) is 11.0 Å². The molecule has 2 aromatic carbocycles. The van der Waals surface area contributed by atoms with E-state index < -0.39 is 0 Å². The molecule has 0 saturated heterocycles. The molecule has 0 spiro atoms. The molecular weight excluding hydrogens is 326 g/mol. The monoisotopic (exact) mass is 343 g/mol. The van der Waals surface area contributed by atoms with Crippen molar-refractivity contribution in [1.82, 2.24) is 4.90 Å². The standard InChI is InChI=1S/C19H18ClNO3/c20-16-3-1-14-11-21(12-15(14)9-16)6-5-17(22)13-2-4-18-19(10-13)24-8-7-23-18/h1-4,9-10H,5-8,11-12H2. The number of fused-ring (bicyclic) bond motifs is 2. The Morgan fingerprint density at radius 3 is 2.67 bits per heavy atom. The first-order chi connectivity index (χ1) is 11.7. The summed E-state index contributed by atoms with van der Waals surface area (Å²) in [6, 6.07) is 11.4. The van der Waals surface area contributed by atoms with Gasteiger partial charge < -0.3 is 9.47 Å². The number of halogens is 1. The number of rotatable bonds is 4. The molecule has 0 bridgehead atoms. The van der Waals surface area contributed by atoms with E-state index in [-0.39, 0.29) is 5.78 Å². The van der Waals surface area contributed by atoms with Crippen LogP contribution >= 0.6 is 11.6 Å². The lowest BCUT2D eigenvalue weighted by atomic mass is 10.1. The number of hydrogen-bond acceptors (Lipinski definition) is 4. The molecule has 2 aliphatic rings. The number of carbonyl (C=O) groups is 1. The van der Waals surface area contributed by atoms with Gasteiger partial charge in [-0.3, -0.25) is 9.69 Å². The van der Waals surface area contributed by atoms with Crippen LogP contribution in [-0.2, 0) is 13.1 Å². The molecule has 24 heavy (non-hydrogen) atoms. The van der Waals surface area contributed by atoms with Gasteiger partial charge in [0.05, 0.1) is 0 Å². The molecule has 2 aromatic rings. The van der Waals surface area contributed by atoms with E-state index in [9.17, 15) is 4.79 Å². The Morgan fingerprint density at radius 2 is 1.79 bits per heavy atom. The van der Waals surface area contributed by atoms with Crippen LogP contribution in [-0.4, -0.2) is 30.4 Å². The predicted molar refractivity (Wildman–Crippen MR) is 91.9 cm³/mol. The number of carbonyl (C=O) groups excluding carboxylic acids is 1. The Morgan fingerprint density at radius 1 is 1.00 bits per heavy atom. The van der Waals surface area contributed by atoms with Gasteiger partial charge in [-0.2, -0.15) is 0 Å². The number of hydrogen-bond donors (Lipinski definition) is 0. The summed E-state index contributed by atoms with van der Waals surface area (Å²) in [4.78, 5) is 14.7. The quantitative estimate of drug-likeness (QED) is 0.793. The zero-order valence-corrected chi connectivity index (χ0v) is 14.0. The lowest BCUT2D eigenvalue weighted by Crippen LogP contribution is -2.20. The highest BCUT2D eigenvalue weighted by atomic mass is 35.5. The average molecular weight is 344 g/mol. The van der Waals surface area contributed by atoms with E-state index in [0.717, 1.165) is 24.7 Å². The molecular formula is C19H18ClNO3. The predicted octanol–water partition coefficient (Wildman–Crippen LogP) is 3.70. The van der Waals surface area contributed by atoms with E-state index in [4.69, 9.17) is 21.1 Å². The topological polar surface area (TPSA) is 38.8 Å². The fourth-order valence-corrected chi connectivity index (χ4v) is 3.41. The lowest BCUT2D eigenvalue weighted by Gasteiger charge is -2.19. The minimum atomic E-state index is 0.126. The molecule has 0 saturated carbocycles. The van der Waals surface area contributed by atoms with E-state index in [1.54, 1.807) is 6.07 Å². The molecule has 2 heterocycles. The van der Waals surface area contributed by atoms with Crippen molar-refractivity contribution < 1.29 is 14.3 Å². The summed E-state index contributed by atoms with van der Waals surface area (Å²) in [6.45, 7) is 3.55. The zero-order chi connectivity index (χ0) is 16.5. The maximum atomic E-state index is 12.5. The second-order valence-electron chi connectivity index (χ2n) is 6.16. The minimum Gasteiger partial charge on any atom is -0.486 e. The Balaban J connectivity index is 1.37. The smallest absolute Gasteiger partial charge is 0.164 e. The van der Waals surface area contributed by atoms with Crippen molar-refractivity contribution in [3.63, 3.8) is 0 Å². The van der Waals surface area contributed by atoms with Gasteiger partial charge in [0.2, 0.25) is 0 Å². The van der Waals surface area contributed by atoms with Crippen LogP contribution in [0.5, 0.6) is 11.5 Å². The molecule has 0 radical (unpaired) electrons. The summed E-state index contributed by atoms with van der Waals surface area (Å²) < 4.78 is 11.0. The van der Waals surface area contributed by atoms with Crippen molar-refractivity contribution in [3.8, 4) is 11.5 Å². The van der Waals surface area contributed by atoms with Crippen LogP contribution in [0.25, 0.3) is 0 Å². The first-order valence-electron chi connectivity index (χ1n) is 8.11. The second kappa shape index (κ2) is 6.46. The Bertz CT molecular complexity index is 790. The Labute approximate surface area is 145 Å². The molecule has 0 fully saturated rings. The highest BCUT2D eigenvalue weighted by Gasteiger charge is 2.20. The highest BCUT2D eigenvalue weighted by Crippen LogP contribution is 2.31. The van der Waals surface area contributed by atoms with Crippen molar-refractivity contribution >= 4 is 17.4 Å². The van der Waals surface area contributed by atoms with Crippen molar-refractivity contribution in [2.45, 2.75) is 19.5 Å². The van der Waals surface area contributed by atoms with Crippen molar-refractivity contribution in [3.05, 3.63) is 58.1 Å². The van der Waals surface area contributed by atoms with Crippen molar-refractivity contribution in [2.75, 3.05) is 19.8 Å². The van der Waals surface area contributed by atoms with Gasteiger partial charge in [-0.05, 0) is 41.5 Å². The summed E-state index contributed by atoms with van der Waals surface area (Å²) in [5.74, 6) is 1.50. The summed E-state index contributed by atoms with van der Waals surface area (Å²) >= 11 is 6.04. The molecule has 0 aliphatic carbocycles. The Hall–Kier alpha value is -2.04. The molecule has 0 aromatic heterocycles. The van der Waals surface area contributed by atoms with Crippen LogP contribution in [0.1, 0.15) is 27.9 Å². The van der Waals surface area contributed by atoms with Gasteiger partial charge in [-0.25, -0.2) is 0 Å². The number of nitrogens with zero attached hydrogens (tertiary/aromatic N) is 1. The molecule has 0 amide bonds. The molecule has 2 aliphatic heterocycles. The maximum Gasteiger partial charge on any atom is 0.164 e. The number of ether oxygens (including phenoxy) is 2. The molecule has 124 valence electrons. The first kappa shape index (κ1) is 15.5. The maximum absolute atomic E-state index is 12.5. The van der Waals surface area contributed by atoms with Crippen LogP contribution < -0.4 is 9.47 Å². The fraction of sp³-hybridized carbons (Fsp3) is 0.316. The third-order valence-electron chi connectivity index (χ3n) is 4.48. The molecule has 0 N–H and O–H groups in total. The summed E-state index contributed by atoms with van der Waals surface area (Å²) in [6.07, 6.45) is 0.487. The largest absolute Gasteiger partial charge is 0.486 e. The molecule has 0 atom stereocenters. The van der Waals surface area contributed by atoms with Gasteiger partial charge in [-0.15, -0.1) is 0 Å². The van der Waals surface area contributed by atoms with Gasteiger partial charge in [0.25, 0.3) is 0 Å². The molecule has 5 heteroatoms. The summed E-state index contributed by atoms with van der Waals surface area (Å²) in [5, 5.41) is 0.767. The third kappa shape index (κ3) is 3.12. The first-order valence-corrected chi connectivity index (χ1v) is 8.49. The number of Topliss-reactive ketones (excluding diaryl/α,β-unsaturated/α-hetero) is 1. The molecule has 4 rings (SSSR count). The minimum absolute atomic E-state index is 0.126. The number of ketones is 1. The summed E-state index contributed by atoms with van der Waals surface area (Å²) in [5.41, 5.74) is 3.24. The van der Waals surface area contributed by atoms with Crippen LogP contribution in [0, 0.1) is 0 Å². The fourth-order valence-electron chi connectivity index (χ4n) is 3.21. The third-order valence-corrected chi connectivity index (χ3v) is 4.71. The van der Waals surface area contributed by atoms with Gasteiger partial charge in [0.15, 0.2) is 17.3 Å². The van der Waals surface area contributed by atoms with Crippen LogP contribution in [0.15, 0.2) is 36.4 Å². The normalized spacial score (nSPS) is 16.0. The second-order valence-corrected chi connectivity index (χ2v) is 6.59. The van der Waals surface area contributed by atoms with E-state index in [1.165, 1.54) is 11.1 Å². The molecule has 4 nitrogen and oxygen atoms in total. The van der Waals surface area contributed by atoms with Gasteiger partial charge in [0.1, 0.15) is 13.2 Å². The van der Waals surface area contributed by atoms with Crippen molar-refractivity contribution in [2.24, 2.45) is 0 Å². The number of benzene rings is 2. The zero-order valence-electron chi connectivity index (χ0n) is 13.3. The van der Waals surface area contributed by atoms with Crippen LogP contribution in [0.2, 0.25) is 5.02 Å². The SMILES string of the molecule is O=C(CCN1Cc2ccc(Cl)cc2C1)c1ccc2c(c1)OCCO2. The van der Waals surface area contributed by atoms with E-state index in [0.29, 0.717) is 36.7 Å². The summed E-state index contributed by atoms with van der Waals surface area (Å²) in [7, 11) is 0.